The number of nitrogens with two attached hydrogens (primary N) is 1. The molecule has 2 fully saturated rings. The normalized spacial score (nSPS) is 23.8. The molecule has 4 nitrogen and oxygen atoms in total. The minimum Gasteiger partial charge on any atom is -0.375 e. The molecule has 0 aromatic heterocycles. The highest BCUT2D eigenvalue weighted by atomic mass is 16.5. The summed E-state index contributed by atoms with van der Waals surface area (Å²) in [7, 11) is 0. The van der Waals surface area contributed by atoms with Crippen molar-refractivity contribution in [1.82, 2.24) is 4.90 Å². The van der Waals surface area contributed by atoms with Crippen LogP contribution in [0.15, 0.2) is 0 Å². The van der Waals surface area contributed by atoms with Crippen LogP contribution in [0.2, 0.25) is 0 Å². The molecule has 1 aliphatic heterocycles. The molecule has 2 rings (SSSR count). The minimum absolute atomic E-state index is 0.126. The maximum Gasteiger partial charge on any atom is 0.239 e. The van der Waals surface area contributed by atoms with E-state index in [0.717, 1.165) is 38.8 Å². The van der Waals surface area contributed by atoms with Crippen LogP contribution in [-0.2, 0) is 9.53 Å². The third-order valence-corrected chi connectivity index (χ3v) is 4.36. The van der Waals surface area contributed by atoms with Crippen LogP contribution in [0.3, 0.4) is 0 Å². The van der Waals surface area contributed by atoms with Crippen molar-refractivity contribution in [3.63, 3.8) is 0 Å². The summed E-state index contributed by atoms with van der Waals surface area (Å²) in [6.45, 7) is 3.69. The van der Waals surface area contributed by atoms with Crippen LogP contribution in [0.1, 0.15) is 58.3 Å². The fraction of sp³-hybridized carbons (Fsp3) is 0.933. The molecule has 1 aliphatic carbocycles. The fourth-order valence-electron chi connectivity index (χ4n) is 3.18. The van der Waals surface area contributed by atoms with Gasteiger partial charge in [-0.1, -0.05) is 26.2 Å². The first-order valence-corrected chi connectivity index (χ1v) is 7.90. The number of ether oxygens (including phenoxy) is 1. The molecule has 1 unspecified atom stereocenters. The lowest BCUT2D eigenvalue weighted by Crippen LogP contribution is -2.48. The Labute approximate surface area is 116 Å². The number of likely N-dealkylation sites (tertiary alicyclic amines) is 1. The predicted octanol–water partition coefficient (Wildman–Crippen LogP) is 2.06. The van der Waals surface area contributed by atoms with Gasteiger partial charge in [0.1, 0.15) is 0 Å². The molecular formula is C15H28N2O2. The first-order chi connectivity index (χ1) is 9.20. The van der Waals surface area contributed by atoms with Crippen molar-refractivity contribution >= 4 is 5.91 Å². The van der Waals surface area contributed by atoms with E-state index in [9.17, 15) is 4.79 Å². The number of hydrogen-bond donors (Lipinski definition) is 1. The second-order valence-corrected chi connectivity index (χ2v) is 5.96. The molecule has 1 atom stereocenters. The third-order valence-electron chi connectivity index (χ3n) is 4.36. The molecule has 1 heterocycles. The summed E-state index contributed by atoms with van der Waals surface area (Å²) >= 11 is 0. The third kappa shape index (κ3) is 4.18. The summed E-state index contributed by atoms with van der Waals surface area (Å²) in [6.07, 6.45) is 9.61. The summed E-state index contributed by atoms with van der Waals surface area (Å²) < 4.78 is 6.12. The van der Waals surface area contributed by atoms with Crippen LogP contribution in [0.25, 0.3) is 0 Å². The van der Waals surface area contributed by atoms with Crippen molar-refractivity contribution in [2.75, 3.05) is 13.1 Å². The number of hydrogen-bond acceptors (Lipinski definition) is 3. The Hall–Kier alpha value is -0.610. The van der Waals surface area contributed by atoms with Crippen LogP contribution < -0.4 is 5.73 Å². The quantitative estimate of drug-likeness (QED) is 0.830. The van der Waals surface area contributed by atoms with Gasteiger partial charge in [-0.15, -0.1) is 0 Å². The van der Waals surface area contributed by atoms with Gasteiger partial charge in [0.2, 0.25) is 5.91 Å². The zero-order chi connectivity index (χ0) is 13.7. The van der Waals surface area contributed by atoms with E-state index in [1.54, 1.807) is 0 Å². The van der Waals surface area contributed by atoms with Crippen molar-refractivity contribution in [2.45, 2.75) is 76.5 Å². The minimum atomic E-state index is -0.308. The van der Waals surface area contributed by atoms with Gasteiger partial charge >= 0.3 is 0 Å². The average molecular weight is 268 g/mol. The van der Waals surface area contributed by atoms with Gasteiger partial charge in [0, 0.05) is 13.1 Å². The number of amides is 1. The second-order valence-electron chi connectivity index (χ2n) is 5.96. The molecule has 4 heteroatoms. The molecule has 110 valence electrons. The van der Waals surface area contributed by atoms with Crippen LogP contribution in [-0.4, -0.2) is 42.1 Å². The highest BCUT2D eigenvalue weighted by molar-refractivity contribution is 5.81. The van der Waals surface area contributed by atoms with Gasteiger partial charge in [-0.05, 0) is 32.1 Å². The summed E-state index contributed by atoms with van der Waals surface area (Å²) in [5, 5.41) is 0. The molecule has 0 bridgehead atoms. The van der Waals surface area contributed by atoms with Crippen LogP contribution in [0.4, 0.5) is 0 Å². The second kappa shape index (κ2) is 7.25. The fourth-order valence-corrected chi connectivity index (χ4v) is 3.18. The predicted molar refractivity (Wildman–Crippen MR) is 75.8 cm³/mol. The molecule has 1 saturated heterocycles. The van der Waals surface area contributed by atoms with E-state index in [0.29, 0.717) is 12.2 Å². The molecule has 0 radical (unpaired) electrons. The molecule has 2 N–H and O–H groups in total. The van der Waals surface area contributed by atoms with Crippen molar-refractivity contribution in [3.8, 4) is 0 Å². The maximum atomic E-state index is 12.1. The summed E-state index contributed by atoms with van der Waals surface area (Å²) in [5.74, 6) is 0.126. The Kier molecular flexibility index (Phi) is 5.64. The van der Waals surface area contributed by atoms with Gasteiger partial charge < -0.3 is 15.4 Å². The average Bonchev–Trinajstić information content (AvgIpc) is 2.92. The molecule has 0 spiro atoms. The highest BCUT2D eigenvalue weighted by Crippen LogP contribution is 2.25. The van der Waals surface area contributed by atoms with E-state index in [1.807, 2.05) is 4.90 Å². The smallest absolute Gasteiger partial charge is 0.239 e. The monoisotopic (exact) mass is 268 g/mol. The van der Waals surface area contributed by atoms with Gasteiger partial charge in [0.15, 0.2) is 0 Å². The van der Waals surface area contributed by atoms with E-state index in [-0.39, 0.29) is 11.9 Å². The first-order valence-electron chi connectivity index (χ1n) is 7.90. The van der Waals surface area contributed by atoms with E-state index >= 15 is 0 Å². The molecule has 0 aromatic carbocycles. The maximum absolute atomic E-state index is 12.1. The van der Waals surface area contributed by atoms with Gasteiger partial charge in [-0.2, -0.15) is 0 Å². The van der Waals surface area contributed by atoms with Crippen molar-refractivity contribution in [2.24, 2.45) is 5.73 Å². The first kappa shape index (κ1) is 14.8. The zero-order valence-corrected chi connectivity index (χ0v) is 12.1. The SMILES string of the molecule is CCCC(N)C(=O)N1CCC(OC2CCCC2)CC1. The lowest BCUT2D eigenvalue weighted by molar-refractivity contribution is -0.136. The van der Waals surface area contributed by atoms with E-state index in [1.165, 1.54) is 25.7 Å². The topological polar surface area (TPSA) is 55.6 Å². The summed E-state index contributed by atoms with van der Waals surface area (Å²) in [5.41, 5.74) is 5.90. The van der Waals surface area contributed by atoms with Crippen LogP contribution >= 0.6 is 0 Å². The van der Waals surface area contributed by atoms with Gasteiger partial charge in [-0.25, -0.2) is 0 Å². The lowest BCUT2D eigenvalue weighted by atomic mass is 10.0. The standard InChI is InChI=1S/C15H28N2O2/c1-2-5-14(16)15(18)17-10-8-13(9-11-17)19-12-6-3-4-7-12/h12-14H,2-11,16H2,1H3. The van der Waals surface area contributed by atoms with Gasteiger partial charge in [-0.3, -0.25) is 4.79 Å². The number of rotatable bonds is 5. The Morgan fingerprint density at radius 3 is 2.37 bits per heavy atom. The van der Waals surface area contributed by atoms with E-state index in [4.69, 9.17) is 10.5 Å². The Balaban J connectivity index is 1.70. The molecule has 1 saturated carbocycles. The molecule has 2 aliphatic rings. The van der Waals surface area contributed by atoms with Crippen LogP contribution in [0, 0.1) is 0 Å². The number of nitrogens with zero attached hydrogens (tertiary/aromatic N) is 1. The van der Waals surface area contributed by atoms with Crippen LogP contribution in [0.5, 0.6) is 0 Å². The van der Waals surface area contributed by atoms with E-state index < -0.39 is 0 Å². The van der Waals surface area contributed by atoms with Gasteiger partial charge in [0.25, 0.3) is 0 Å². The molecular weight excluding hydrogens is 240 g/mol. The van der Waals surface area contributed by atoms with E-state index in [2.05, 4.69) is 6.92 Å². The lowest BCUT2D eigenvalue weighted by Gasteiger charge is -2.34. The molecule has 19 heavy (non-hydrogen) atoms. The Bertz CT molecular complexity index is 282. The number of piperidine rings is 1. The molecule has 0 aromatic rings. The Morgan fingerprint density at radius 2 is 1.79 bits per heavy atom. The number of carbonyl (C=O) groups excluding carboxylic acids is 1. The number of carbonyl (C=O) groups is 1. The summed E-state index contributed by atoms with van der Waals surface area (Å²) in [6, 6.07) is -0.308. The summed E-state index contributed by atoms with van der Waals surface area (Å²) in [4.78, 5) is 14.0. The van der Waals surface area contributed by atoms with Gasteiger partial charge in [0.05, 0.1) is 18.2 Å². The highest BCUT2D eigenvalue weighted by Gasteiger charge is 2.28. The van der Waals surface area contributed by atoms with Crippen molar-refractivity contribution < 1.29 is 9.53 Å². The Morgan fingerprint density at radius 1 is 1.21 bits per heavy atom. The van der Waals surface area contributed by atoms with Crippen molar-refractivity contribution in [3.05, 3.63) is 0 Å². The molecule has 1 amide bonds. The zero-order valence-electron chi connectivity index (χ0n) is 12.1. The van der Waals surface area contributed by atoms with Crippen molar-refractivity contribution in [1.29, 1.82) is 0 Å². The largest absolute Gasteiger partial charge is 0.375 e.